The summed E-state index contributed by atoms with van der Waals surface area (Å²) >= 11 is 0. The largest absolute Gasteiger partial charge is 0.316 e. The number of rotatable bonds is 2. The normalized spacial score (nSPS) is 51.2. The molecule has 5 aliphatic rings. The molecule has 1 heterocycles. The number of Topliss-reactive ketones (excluding diaryl/α,β-unsaturated/α-hetero) is 1. The third kappa shape index (κ3) is 2.81. The van der Waals surface area contributed by atoms with Gasteiger partial charge < -0.3 is 5.32 Å². The van der Waals surface area contributed by atoms with Crippen molar-refractivity contribution in [3.63, 3.8) is 0 Å². The van der Waals surface area contributed by atoms with E-state index in [1.807, 2.05) is 0 Å². The molecular weight excluding hydrogens is 342 g/mol. The van der Waals surface area contributed by atoms with Crippen LogP contribution in [0.3, 0.4) is 0 Å². The molecule has 0 amide bonds. The Bertz CT molecular complexity index is 689. The van der Waals surface area contributed by atoms with Crippen LogP contribution in [0.25, 0.3) is 0 Å². The molecule has 0 bridgehead atoms. The predicted octanol–water partition coefficient (Wildman–Crippen LogP) is 5.55. The Morgan fingerprint density at radius 3 is 2.64 bits per heavy atom. The molecular formula is C26H39NO. The molecule has 1 unspecified atom stereocenters. The zero-order chi connectivity index (χ0) is 19.5. The molecule has 0 aromatic heterocycles. The first-order chi connectivity index (χ1) is 13.4. The molecule has 1 aliphatic heterocycles. The Morgan fingerprint density at radius 1 is 1.04 bits per heavy atom. The topological polar surface area (TPSA) is 29.1 Å². The monoisotopic (exact) mass is 381 g/mol. The van der Waals surface area contributed by atoms with E-state index in [1.165, 1.54) is 57.2 Å². The van der Waals surface area contributed by atoms with Gasteiger partial charge in [-0.2, -0.15) is 0 Å². The van der Waals surface area contributed by atoms with Crippen LogP contribution in [0.2, 0.25) is 0 Å². The third-order valence-corrected chi connectivity index (χ3v) is 10.1. The van der Waals surface area contributed by atoms with Crippen molar-refractivity contribution in [1.29, 1.82) is 0 Å². The first-order valence-electron chi connectivity index (χ1n) is 12.0. The van der Waals surface area contributed by atoms with E-state index in [-0.39, 0.29) is 5.41 Å². The van der Waals surface area contributed by atoms with Gasteiger partial charge >= 0.3 is 0 Å². The molecule has 28 heavy (non-hydrogen) atoms. The zero-order valence-corrected chi connectivity index (χ0v) is 18.0. The van der Waals surface area contributed by atoms with Crippen LogP contribution in [0.1, 0.15) is 71.6 Å². The minimum atomic E-state index is -0.0391. The van der Waals surface area contributed by atoms with E-state index in [4.69, 9.17) is 0 Å². The molecule has 2 nitrogen and oxygen atoms in total. The number of carbonyl (C=O) groups is 1. The Kier molecular flexibility index (Phi) is 4.66. The molecule has 5 fully saturated rings. The fourth-order valence-corrected chi connectivity index (χ4v) is 8.26. The second-order valence-corrected chi connectivity index (χ2v) is 11.4. The number of nitrogens with one attached hydrogen (secondary N) is 1. The first-order valence-corrected chi connectivity index (χ1v) is 12.0. The molecule has 0 spiro atoms. The van der Waals surface area contributed by atoms with E-state index in [2.05, 4.69) is 37.9 Å². The van der Waals surface area contributed by atoms with Crippen molar-refractivity contribution in [2.24, 2.45) is 46.3 Å². The van der Waals surface area contributed by atoms with Gasteiger partial charge in [0.25, 0.3) is 0 Å². The maximum Gasteiger partial charge on any atom is 0.139 e. The van der Waals surface area contributed by atoms with Gasteiger partial charge in [0, 0.05) is 18.4 Å². The average molecular weight is 382 g/mol. The summed E-state index contributed by atoms with van der Waals surface area (Å²) in [7, 11) is 0. The van der Waals surface area contributed by atoms with E-state index in [0.29, 0.717) is 23.0 Å². The minimum Gasteiger partial charge on any atom is -0.316 e. The van der Waals surface area contributed by atoms with Gasteiger partial charge in [-0.3, -0.25) is 4.79 Å². The quantitative estimate of drug-likeness (QED) is 0.636. The lowest BCUT2D eigenvalue weighted by atomic mass is 9.44. The number of hydrogen-bond acceptors (Lipinski definition) is 2. The Morgan fingerprint density at radius 2 is 1.86 bits per heavy atom. The summed E-state index contributed by atoms with van der Waals surface area (Å²) in [6.07, 6.45) is 16.0. The molecule has 1 N–H and O–H groups in total. The van der Waals surface area contributed by atoms with Crippen molar-refractivity contribution < 1.29 is 4.79 Å². The molecule has 0 aromatic rings. The minimum absolute atomic E-state index is 0.0391. The second-order valence-electron chi connectivity index (χ2n) is 11.4. The Balaban J connectivity index is 1.34. The molecule has 2 heteroatoms. The first kappa shape index (κ1) is 19.1. The zero-order valence-electron chi connectivity index (χ0n) is 18.0. The summed E-state index contributed by atoms with van der Waals surface area (Å²) in [5, 5.41) is 3.49. The van der Waals surface area contributed by atoms with Crippen molar-refractivity contribution in [3.05, 3.63) is 24.3 Å². The van der Waals surface area contributed by atoms with Crippen molar-refractivity contribution >= 4 is 5.78 Å². The van der Waals surface area contributed by atoms with Crippen LogP contribution in [0.5, 0.6) is 0 Å². The molecule has 154 valence electrons. The fraction of sp³-hybridized carbons (Fsp3) is 0.808. The van der Waals surface area contributed by atoms with Crippen LogP contribution < -0.4 is 5.32 Å². The summed E-state index contributed by atoms with van der Waals surface area (Å²) in [5.74, 6) is 4.84. The summed E-state index contributed by atoms with van der Waals surface area (Å²) in [6.45, 7) is 11.9. The van der Waals surface area contributed by atoms with Crippen molar-refractivity contribution in [2.75, 3.05) is 13.1 Å². The van der Waals surface area contributed by atoms with Gasteiger partial charge in [0.05, 0.1) is 0 Å². The molecule has 1 saturated heterocycles. The van der Waals surface area contributed by atoms with Gasteiger partial charge in [-0.05, 0) is 98.8 Å². The maximum absolute atomic E-state index is 12.7. The van der Waals surface area contributed by atoms with Crippen LogP contribution >= 0.6 is 0 Å². The molecule has 8 atom stereocenters. The van der Waals surface area contributed by atoms with Gasteiger partial charge in [-0.25, -0.2) is 0 Å². The number of carbonyl (C=O) groups excluding carboxylic acids is 1. The molecule has 4 saturated carbocycles. The Hall–Kier alpha value is -0.890. The number of ketones is 1. The van der Waals surface area contributed by atoms with Gasteiger partial charge in [0.2, 0.25) is 0 Å². The van der Waals surface area contributed by atoms with E-state index < -0.39 is 0 Å². The third-order valence-electron chi connectivity index (χ3n) is 10.1. The van der Waals surface area contributed by atoms with Gasteiger partial charge in [0.1, 0.15) is 5.78 Å². The lowest BCUT2D eigenvalue weighted by molar-refractivity contribution is -0.134. The lowest BCUT2D eigenvalue weighted by Crippen LogP contribution is -2.54. The van der Waals surface area contributed by atoms with E-state index in [0.717, 1.165) is 42.9 Å². The van der Waals surface area contributed by atoms with E-state index >= 15 is 0 Å². The van der Waals surface area contributed by atoms with Crippen molar-refractivity contribution in [3.8, 4) is 0 Å². The van der Waals surface area contributed by atoms with E-state index in [1.54, 1.807) is 0 Å². The van der Waals surface area contributed by atoms with Gasteiger partial charge in [-0.15, -0.1) is 0 Å². The second kappa shape index (κ2) is 6.83. The highest BCUT2D eigenvalue weighted by molar-refractivity contribution is 5.87. The maximum atomic E-state index is 12.7. The Labute approximate surface area is 171 Å². The highest BCUT2D eigenvalue weighted by Crippen LogP contribution is 2.66. The molecule has 0 aromatic carbocycles. The number of hydrogen-bond donors (Lipinski definition) is 1. The van der Waals surface area contributed by atoms with Crippen LogP contribution in [0.15, 0.2) is 24.3 Å². The number of allylic oxidation sites excluding steroid dienone is 2. The summed E-state index contributed by atoms with van der Waals surface area (Å²) in [4.78, 5) is 12.7. The highest BCUT2D eigenvalue weighted by Gasteiger charge is 2.61. The van der Waals surface area contributed by atoms with Gasteiger partial charge in [0.15, 0.2) is 0 Å². The average Bonchev–Trinajstić information content (AvgIpc) is 3.29. The van der Waals surface area contributed by atoms with Crippen LogP contribution in [-0.4, -0.2) is 18.9 Å². The van der Waals surface area contributed by atoms with E-state index in [9.17, 15) is 4.79 Å². The van der Waals surface area contributed by atoms with Crippen LogP contribution in [-0.2, 0) is 4.79 Å². The standard InChI is InChI=1S/C26H39NO/c1-17-14-20-15-18(4-5-19-10-13-27-16-19)8-11-25(20,2)22-9-12-26(3)21(24(17)22)6-7-23(26)28/h4-5,18-22,24,27H,1,6-16H2,2-3H3/t18-,19-,20?,21+,22+,24+,25+,26+/m1/s1. The van der Waals surface area contributed by atoms with Crippen LogP contribution in [0, 0.1) is 46.3 Å². The predicted molar refractivity (Wildman–Crippen MR) is 115 cm³/mol. The van der Waals surface area contributed by atoms with Crippen LogP contribution in [0.4, 0.5) is 0 Å². The highest BCUT2D eigenvalue weighted by atomic mass is 16.1. The summed E-state index contributed by atoms with van der Waals surface area (Å²) in [5.41, 5.74) is 1.93. The summed E-state index contributed by atoms with van der Waals surface area (Å²) < 4.78 is 0. The van der Waals surface area contributed by atoms with Crippen molar-refractivity contribution in [2.45, 2.75) is 71.6 Å². The van der Waals surface area contributed by atoms with Crippen molar-refractivity contribution in [1.82, 2.24) is 5.32 Å². The molecule has 5 rings (SSSR count). The summed E-state index contributed by atoms with van der Waals surface area (Å²) in [6, 6.07) is 0. The van der Waals surface area contributed by atoms with Gasteiger partial charge in [-0.1, -0.05) is 38.2 Å². The fourth-order valence-electron chi connectivity index (χ4n) is 8.26. The molecule has 4 aliphatic carbocycles. The lowest BCUT2D eigenvalue weighted by Gasteiger charge is -2.61. The SMILES string of the molecule is C=C1CC2C[C@H](C=C[C@@H]3CCNC3)CC[C@]2(C)[C@H]2CC[C@]3(C)C(=O)CC[C@H]3[C@H]12. The molecule has 0 radical (unpaired) electrons. The number of fused-ring (bicyclic) bond motifs is 5. The smallest absolute Gasteiger partial charge is 0.139 e.